The highest BCUT2D eigenvalue weighted by Gasteiger charge is 2.28. The number of ether oxygens (including phenoxy) is 1. The van der Waals surface area contributed by atoms with Crippen molar-refractivity contribution in [2.24, 2.45) is 5.92 Å². The molecule has 1 N–H and O–H groups in total. The van der Waals surface area contributed by atoms with Crippen LogP contribution < -0.4 is 5.32 Å². The van der Waals surface area contributed by atoms with Gasteiger partial charge in [0.15, 0.2) is 0 Å². The summed E-state index contributed by atoms with van der Waals surface area (Å²) in [5, 5.41) is 2.83. The van der Waals surface area contributed by atoms with Crippen molar-refractivity contribution in [1.29, 1.82) is 0 Å². The zero-order valence-corrected chi connectivity index (χ0v) is 25.3. The van der Waals surface area contributed by atoms with Crippen LogP contribution in [0.25, 0.3) is 0 Å². The Morgan fingerprint density at radius 1 is 0.789 bits per heavy atom. The molecule has 2 amide bonds. The summed E-state index contributed by atoms with van der Waals surface area (Å²) in [6, 6.07) is 0.121. The molecule has 0 aromatic carbocycles. The molecule has 0 radical (unpaired) electrons. The number of carbonyl (C=O) groups is 2. The van der Waals surface area contributed by atoms with E-state index in [-0.39, 0.29) is 18.1 Å². The van der Waals surface area contributed by atoms with E-state index in [4.69, 9.17) is 4.74 Å². The van der Waals surface area contributed by atoms with Gasteiger partial charge in [-0.1, -0.05) is 115 Å². The Kier molecular flexibility index (Phi) is 22.2. The lowest BCUT2D eigenvalue weighted by Gasteiger charge is -2.35. The van der Waals surface area contributed by atoms with Gasteiger partial charge in [0.1, 0.15) is 0 Å². The van der Waals surface area contributed by atoms with Crippen LogP contribution in [-0.2, 0) is 9.53 Å². The smallest absolute Gasteiger partial charge is 0.407 e. The van der Waals surface area contributed by atoms with Crippen LogP contribution >= 0.6 is 0 Å². The van der Waals surface area contributed by atoms with Crippen LogP contribution in [0.3, 0.4) is 0 Å². The summed E-state index contributed by atoms with van der Waals surface area (Å²) in [4.78, 5) is 28.0. The van der Waals surface area contributed by atoms with E-state index in [1.165, 1.54) is 96.3 Å². The number of allylic oxidation sites excluding steroid dienone is 1. The van der Waals surface area contributed by atoms with Crippen LogP contribution in [0.4, 0.5) is 4.79 Å². The number of nitrogens with zero attached hydrogens (tertiary/aromatic N) is 2. The molecule has 2 atom stereocenters. The summed E-state index contributed by atoms with van der Waals surface area (Å²) in [6.07, 6.45) is 29.2. The molecular formula is C32H61N3O3. The average molecular weight is 536 g/mol. The third-order valence-corrected chi connectivity index (χ3v) is 7.84. The number of rotatable bonds is 25. The molecule has 0 spiro atoms. The van der Waals surface area contributed by atoms with Gasteiger partial charge in [-0.25, -0.2) is 4.79 Å². The Bertz CT molecular complexity index is 596. The van der Waals surface area contributed by atoms with Crippen molar-refractivity contribution in [2.45, 2.75) is 135 Å². The second-order valence-corrected chi connectivity index (χ2v) is 11.6. The highest BCUT2D eigenvalue weighted by atomic mass is 16.5. The van der Waals surface area contributed by atoms with Gasteiger partial charge in [0.25, 0.3) is 0 Å². The standard InChI is InChI=1S/C32H61N3O3/c1-4-5-6-7-8-9-10-11-12-13-14-15-16-17-18-21-27-35(29-36)31-24-20-19-23-30(31)28-38-32(37)33-25-22-26-34(2)3/h19-20,29-31H,4-18,21-28H2,1-3H3,(H,33,37). The number of nitrogens with one attached hydrogen (secondary N) is 1. The van der Waals surface area contributed by atoms with Crippen LogP contribution in [0.1, 0.15) is 129 Å². The van der Waals surface area contributed by atoms with Crippen molar-refractivity contribution in [3.63, 3.8) is 0 Å². The van der Waals surface area contributed by atoms with Gasteiger partial charge in [0.2, 0.25) is 6.41 Å². The third-order valence-electron chi connectivity index (χ3n) is 7.84. The zero-order valence-electron chi connectivity index (χ0n) is 25.3. The van der Waals surface area contributed by atoms with Gasteiger partial charge >= 0.3 is 6.09 Å². The lowest BCUT2D eigenvalue weighted by Crippen LogP contribution is -2.43. The van der Waals surface area contributed by atoms with Crippen LogP contribution in [0.2, 0.25) is 0 Å². The largest absolute Gasteiger partial charge is 0.449 e. The van der Waals surface area contributed by atoms with Crippen molar-refractivity contribution in [1.82, 2.24) is 15.1 Å². The topological polar surface area (TPSA) is 61.9 Å². The SMILES string of the molecule is CCCCCCCCCCCCCCCCCCN(C=O)C1CC=CCC1COC(=O)NCCCN(C)C. The fraction of sp³-hybridized carbons (Fsp3) is 0.875. The summed E-state index contributed by atoms with van der Waals surface area (Å²) in [7, 11) is 4.04. The summed E-state index contributed by atoms with van der Waals surface area (Å²) in [5.74, 6) is 0.166. The molecule has 0 saturated heterocycles. The van der Waals surface area contributed by atoms with E-state index in [1.807, 2.05) is 19.0 Å². The highest BCUT2D eigenvalue weighted by molar-refractivity contribution is 5.67. The predicted molar refractivity (Wildman–Crippen MR) is 160 cm³/mol. The fourth-order valence-corrected chi connectivity index (χ4v) is 5.40. The molecule has 6 heteroatoms. The zero-order chi connectivity index (χ0) is 27.7. The van der Waals surface area contributed by atoms with E-state index in [1.54, 1.807) is 0 Å². The first-order chi connectivity index (χ1) is 18.6. The monoisotopic (exact) mass is 535 g/mol. The third kappa shape index (κ3) is 18.7. The van der Waals surface area contributed by atoms with E-state index in [2.05, 4.69) is 29.3 Å². The molecule has 0 aliphatic heterocycles. The van der Waals surface area contributed by atoms with Crippen LogP contribution in [-0.4, -0.2) is 68.7 Å². The minimum atomic E-state index is -0.354. The number of carbonyl (C=O) groups excluding carboxylic acids is 2. The normalized spacial score (nSPS) is 17.1. The lowest BCUT2D eigenvalue weighted by atomic mass is 9.88. The fourth-order valence-electron chi connectivity index (χ4n) is 5.40. The molecule has 222 valence electrons. The Morgan fingerprint density at radius 3 is 1.84 bits per heavy atom. The van der Waals surface area contributed by atoms with Gasteiger partial charge in [-0.3, -0.25) is 4.79 Å². The molecule has 0 aromatic heterocycles. The number of hydrogen-bond acceptors (Lipinski definition) is 4. The van der Waals surface area contributed by atoms with E-state index >= 15 is 0 Å². The lowest BCUT2D eigenvalue weighted by molar-refractivity contribution is -0.121. The molecule has 2 unspecified atom stereocenters. The molecule has 0 heterocycles. The van der Waals surface area contributed by atoms with E-state index in [0.29, 0.717) is 13.2 Å². The molecule has 0 bridgehead atoms. The first-order valence-corrected chi connectivity index (χ1v) is 16.0. The van der Waals surface area contributed by atoms with Crippen LogP contribution in [0, 0.1) is 5.92 Å². The molecule has 0 saturated carbocycles. The minimum Gasteiger partial charge on any atom is -0.449 e. The van der Waals surface area contributed by atoms with Gasteiger partial charge in [0, 0.05) is 25.0 Å². The molecular weight excluding hydrogens is 474 g/mol. The number of alkyl carbamates (subject to hydrolysis) is 1. The maximum atomic E-state index is 12.1. The molecule has 0 aromatic rings. The molecule has 1 rings (SSSR count). The quantitative estimate of drug-likeness (QED) is 0.0738. The highest BCUT2D eigenvalue weighted by Crippen LogP contribution is 2.24. The summed E-state index contributed by atoms with van der Waals surface area (Å²) in [6.45, 7) is 4.99. The van der Waals surface area contributed by atoms with Gasteiger partial charge in [-0.05, 0) is 46.3 Å². The van der Waals surface area contributed by atoms with Gasteiger partial charge in [-0.15, -0.1) is 0 Å². The molecule has 6 nitrogen and oxygen atoms in total. The van der Waals surface area contributed by atoms with Crippen molar-refractivity contribution in [3.05, 3.63) is 12.2 Å². The van der Waals surface area contributed by atoms with Crippen molar-refractivity contribution in [3.8, 4) is 0 Å². The molecule has 1 aliphatic carbocycles. The Hall–Kier alpha value is -1.56. The summed E-state index contributed by atoms with van der Waals surface area (Å²) in [5.41, 5.74) is 0. The van der Waals surface area contributed by atoms with E-state index in [9.17, 15) is 9.59 Å². The Balaban J connectivity index is 2.08. The maximum absolute atomic E-state index is 12.1. The second-order valence-electron chi connectivity index (χ2n) is 11.6. The predicted octanol–water partition coefficient (Wildman–Crippen LogP) is 7.72. The molecule has 0 fully saturated rings. The second kappa shape index (κ2) is 24.5. The molecule has 38 heavy (non-hydrogen) atoms. The maximum Gasteiger partial charge on any atom is 0.407 e. The van der Waals surface area contributed by atoms with Crippen molar-refractivity contribution < 1.29 is 14.3 Å². The van der Waals surface area contributed by atoms with Crippen LogP contribution in [0.15, 0.2) is 12.2 Å². The first-order valence-electron chi connectivity index (χ1n) is 16.0. The number of amides is 2. The Morgan fingerprint density at radius 2 is 1.32 bits per heavy atom. The van der Waals surface area contributed by atoms with Gasteiger partial charge in [0.05, 0.1) is 6.61 Å². The number of hydrogen-bond donors (Lipinski definition) is 1. The van der Waals surface area contributed by atoms with Gasteiger partial charge in [-0.2, -0.15) is 0 Å². The summed E-state index contributed by atoms with van der Waals surface area (Å²) < 4.78 is 5.51. The average Bonchev–Trinajstić information content (AvgIpc) is 2.92. The summed E-state index contributed by atoms with van der Waals surface area (Å²) >= 11 is 0. The first kappa shape index (κ1) is 34.5. The minimum absolute atomic E-state index is 0.121. The van der Waals surface area contributed by atoms with E-state index in [0.717, 1.165) is 45.2 Å². The Labute approximate surface area is 235 Å². The number of unbranched alkanes of at least 4 members (excludes halogenated alkanes) is 15. The van der Waals surface area contributed by atoms with Crippen molar-refractivity contribution >= 4 is 12.5 Å². The van der Waals surface area contributed by atoms with E-state index < -0.39 is 0 Å². The van der Waals surface area contributed by atoms with Gasteiger partial charge < -0.3 is 19.9 Å². The van der Waals surface area contributed by atoms with Crippen molar-refractivity contribution in [2.75, 3.05) is 40.3 Å². The molecule has 1 aliphatic rings. The van der Waals surface area contributed by atoms with Crippen LogP contribution in [0.5, 0.6) is 0 Å².